The quantitative estimate of drug-likeness (QED) is 0.732. The topological polar surface area (TPSA) is 77.6 Å². The maximum absolute atomic E-state index is 13.5. The lowest BCUT2D eigenvalue weighted by Gasteiger charge is -2.37. The van der Waals surface area contributed by atoms with Crippen molar-refractivity contribution in [3.05, 3.63) is 71.1 Å². The summed E-state index contributed by atoms with van der Waals surface area (Å²) >= 11 is 0. The SMILES string of the molecule is O=S(=O)(NCc1ccccc1)C1CCCCN(C2=c3cc[nH]c3=NC=CCC2)CC12CC2. The molecule has 1 saturated carbocycles. The molecule has 2 N–H and O–H groups in total. The average molecular weight is 453 g/mol. The normalized spacial score (nSPS) is 22.9. The van der Waals surface area contributed by atoms with Gasteiger partial charge in [-0.3, -0.25) is 0 Å². The Bertz CT molecular complexity index is 1200. The summed E-state index contributed by atoms with van der Waals surface area (Å²) < 4.78 is 29.8. The Morgan fingerprint density at radius 2 is 2.00 bits per heavy atom. The van der Waals surface area contributed by atoms with Crippen molar-refractivity contribution in [3.63, 3.8) is 0 Å². The third-order valence-electron chi connectivity index (χ3n) is 7.19. The molecule has 2 aliphatic heterocycles. The Balaban J connectivity index is 1.41. The molecule has 32 heavy (non-hydrogen) atoms. The maximum Gasteiger partial charge on any atom is 0.215 e. The highest BCUT2D eigenvalue weighted by Crippen LogP contribution is 2.54. The van der Waals surface area contributed by atoms with Crippen molar-refractivity contribution >= 4 is 15.7 Å². The molecule has 7 heteroatoms. The van der Waals surface area contributed by atoms with Crippen molar-refractivity contribution in [3.8, 4) is 0 Å². The van der Waals surface area contributed by atoms with Crippen LogP contribution in [-0.4, -0.2) is 36.6 Å². The second-order valence-corrected chi connectivity index (χ2v) is 11.3. The number of nitrogens with one attached hydrogen (secondary N) is 2. The fourth-order valence-electron chi connectivity index (χ4n) is 5.32. The standard InChI is InChI=1S/C25H32N4O2S/c30-32(31,28-18-20-8-2-1-3-9-20)23-11-5-7-17-29(19-25(23)13-14-25)22-10-4-6-15-26-24-21(22)12-16-27-24/h1-3,6,8-9,12,15-16,23,28H,4-5,7,10-11,13-14,17-19H2,(H,26,27). The van der Waals surface area contributed by atoms with Gasteiger partial charge in [0.1, 0.15) is 5.49 Å². The number of benzene rings is 1. The van der Waals surface area contributed by atoms with Crippen molar-refractivity contribution in [2.24, 2.45) is 10.4 Å². The number of sulfonamides is 1. The van der Waals surface area contributed by atoms with E-state index in [9.17, 15) is 8.42 Å². The zero-order valence-electron chi connectivity index (χ0n) is 18.5. The van der Waals surface area contributed by atoms with Crippen LogP contribution in [0, 0.1) is 5.41 Å². The Hall–Kier alpha value is -2.38. The lowest BCUT2D eigenvalue weighted by atomic mass is 9.93. The monoisotopic (exact) mass is 452 g/mol. The van der Waals surface area contributed by atoms with Gasteiger partial charge in [0, 0.05) is 48.4 Å². The molecule has 2 aromatic rings. The Kier molecular flexibility index (Phi) is 5.95. The van der Waals surface area contributed by atoms with Crippen molar-refractivity contribution < 1.29 is 8.42 Å². The number of likely N-dealkylation sites (tertiary alicyclic amines) is 1. The van der Waals surface area contributed by atoms with E-state index >= 15 is 0 Å². The molecule has 0 amide bonds. The Morgan fingerprint density at radius 1 is 1.16 bits per heavy atom. The Morgan fingerprint density at radius 3 is 2.81 bits per heavy atom. The van der Waals surface area contributed by atoms with Crippen molar-refractivity contribution in [2.75, 3.05) is 13.1 Å². The Labute approximate surface area is 190 Å². The van der Waals surface area contributed by atoms with Crippen LogP contribution in [-0.2, 0) is 16.6 Å². The molecule has 1 spiro atoms. The summed E-state index contributed by atoms with van der Waals surface area (Å²) in [6.45, 7) is 2.15. The zero-order chi connectivity index (χ0) is 22.0. The summed E-state index contributed by atoms with van der Waals surface area (Å²) in [7, 11) is -3.40. The molecule has 5 rings (SSSR count). The third kappa shape index (κ3) is 4.41. The summed E-state index contributed by atoms with van der Waals surface area (Å²) in [6, 6.07) is 11.9. The summed E-state index contributed by atoms with van der Waals surface area (Å²) in [5.41, 5.74) is 3.05. The minimum Gasteiger partial charge on any atom is -0.374 e. The minimum absolute atomic E-state index is 0.151. The van der Waals surface area contributed by atoms with Crippen LogP contribution in [0.15, 0.2) is 59.9 Å². The highest BCUT2D eigenvalue weighted by molar-refractivity contribution is 7.90. The summed E-state index contributed by atoms with van der Waals surface area (Å²) in [4.78, 5) is 10.3. The molecule has 6 nitrogen and oxygen atoms in total. The molecule has 1 aromatic carbocycles. The molecule has 0 bridgehead atoms. The number of hydrogen-bond donors (Lipinski definition) is 2. The van der Waals surface area contributed by atoms with Gasteiger partial charge < -0.3 is 9.88 Å². The van der Waals surface area contributed by atoms with Crippen LogP contribution in [0.25, 0.3) is 5.70 Å². The van der Waals surface area contributed by atoms with Crippen molar-refractivity contribution in [1.29, 1.82) is 0 Å². The van der Waals surface area contributed by atoms with E-state index in [-0.39, 0.29) is 10.7 Å². The molecule has 1 aliphatic carbocycles. The van der Waals surface area contributed by atoms with E-state index in [4.69, 9.17) is 0 Å². The van der Waals surface area contributed by atoms with Gasteiger partial charge in [0.05, 0.1) is 5.25 Å². The number of fused-ring (bicyclic) bond motifs is 1. The van der Waals surface area contributed by atoms with Crippen molar-refractivity contribution in [2.45, 2.75) is 56.7 Å². The van der Waals surface area contributed by atoms with Crippen LogP contribution < -0.4 is 15.4 Å². The van der Waals surface area contributed by atoms with Gasteiger partial charge in [-0.2, -0.15) is 0 Å². The van der Waals surface area contributed by atoms with E-state index in [1.54, 1.807) is 0 Å². The molecule has 3 aliphatic rings. The molecule has 2 fully saturated rings. The molecule has 170 valence electrons. The first-order chi connectivity index (χ1) is 15.6. The number of rotatable bonds is 5. The van der Waals surface area contributed by atoms with Crippen LogP contribution in [0.1, 0.15) is 50.5 Å². The highest BCUT2D eigenvalue weighted by Gasteiger charge is 2.55. The zero-order valence-corrected chi connectivity index (χ0v) is 19.3. The molecule has 1 aromatic heterocycles. The lowest BCUT2D eigenvalue weighted by molar-refractivity contribution is 0.254. The smallest absolute Gasteiger partial charge is 0.215 e. The van der Waals surface area contributed by atoms with E-state index in [2.05, 4.69) is 31.7 Å². The molecule has 3 heterocycles. The largest absolute Gasteiger partial charge is 0.374 e. The molecule has 1 unspecified atom stereocenters. The van der Waals surface area contributed by atoms with Gasteiger partial charge in [0.2, 0.25) is 10.0 Å². The van der Waals surface area contributed by atoms with Gasteiger partial charge in [-0.25, -0.2) is 18.1 Å². The van der Waals surface area contributed by atoms with E-state index in [0.29, 0.717) is 6.54 Å². The van der Waals surface area contributed by atoms with Crippen LogP contribution in [0.4, 0.5) is 0 Å². The van der Waals surface area contributed by atoms with Crippen molar-refractivity contribution in [1.82, 2.24) is 14.6 Å². The number of aromatic amines is 1. The molecule has 0 radical (unpaired) electrons. The number of nitrogens with zero attached hydrogens (tertiary/aromatic N) is 2. The molecule has 1 saturated heterocycles. The summed E-state index contributed by atoms with van der Waals surface area (Å²) in [6.07, 6.45) is 12.5. The predicted molar refractivity (Wildman–Crippen MR) is 126 cm³/mol. The van der Waals surface area contributed by atoms with Crippen LogP contribution in [0.5, 0.6) is 0 Å². The number of allylic oxidation sites excluding steroid dienone is 1. The maximum atomic E-state index is 13.5. The van der Waals surface area contributed by atoms with Gasteiger partial charge in [-0.1, -0.05) is 42.8 Å². The fraction of sp³-hybridized carbons (Fsp3) is 0.480. The van der Waals surface area contributed by atoms with Gasteiger partial charge in [0.25, 0.3) is 0 Å². The van der Waals surface area contributed by atoms with E-state index in [1.165, 1.54) is 5.70 Å². The second-order valence-electron chi connectivity index (χ2n) is 9.36. The highest BCUT2D eigenvalue weighted by atomic mass is 32.2. The number of aromatic nitrogens is 1. The minimum atomic E-state index is -3.40. The molecular formula is C25H32N4O2S. The lowest BCUT2D eigenvalue weighted by Crippen LogP contribution is -2.47. The van der Waals surface area contributed by atoms with E-state index in [1.807, 2.05) is 42.7 Å². The summed E-state index contributed by atoms with van der Waals surface area (Å²) in [5, 5.41) is 0.832. The van der Waals surface area contributed by atoms with Gasteiger partial charge >= 0.3 is 0 Å². The summed E-state index contributed by atoms with van der Waals surface area (Å²) in [5.74, 6) is 0. The predicted octanol–water partition coefficient (Wildman–Crippen LogP) is 2.80. The third-order valence-corrected chi connectivity index (χ3v) is 9.23. The number of hydrogen-bond acceptors (Lipinski definition) is 4. The average Bonchev–Trinajstić information content (AvgIpc) is 3.41. The first-order valence-electron chi connectivity index (χ1n) is 11.7. The van der Waals surface area contributed by atoms with Crippen LogP contribution >= 0.6 is 0 Å². The van der Waals surface area contributed by atoms with Gasteiger partial charge in [-0.05, 0) is 50.2 Å². The fourth-order valence-corrected chi connectivity index (χ4v) is 7.33. The van der Waals surface area contributed by atoms with Gasteiger partial charge in [0.15, 0.2) is 0 Å². The first-order valence-corrected chi connectivity index (χ1v) is 13.3. The number of H-pyrrole nitrogens is 1. The van der Waals surface area contributed by atoms with Gasteiger partial charge in [-0.15, -0.1) is 0 Å². The first kappa shape index (κ1) is 21.5. The van der Waals surface area contributed by atoms with Crippen LogP contribution in [0.3, 0.4) is 0 Å². The van der Waals surface area contributed by atoms with E-state index in [0.717, 1.165) is 74.3 Å². The molecular weight excluding hydrogens is 420 g/mol. The molecule has 1 atom stereocenters. The van der Waals surface area contributed by atoms with Crippen LogP contribution in [0.2, 0.25) is 0 Å². The second kappa shape index (κ2) is 8.87. The van der Waals surface area contributed by atoms with E-state index < -0.39 is 10.0 Å².